The average molecular weight is 256 g/mol. The molecule has 19 heavy (non-hydrogen) atoms. The lowest BCUT2D eigenvalue weighted by molar-refractivity contribution is 0.666. The van der Waals surface area contributed by atoms with Gasteiger partial charge in [-0.25, -0.2) is 9.97 Å². The van der Waals surface area contributed by atoms with Crippen LogP contribution in [0.5, 0.6) is 0 Å². The van der Waals surface area contributed by atoms with Crippen molar-refractivity contribution in [3.05, 3.63) is 35.5 Å². The van der Waals surface area contributed by atoms with Crippen molar-refractivity contribution in [2.75, 3.05) is 5.73 Å². The van der Waals surface area contributed by atoms with Crippen LogP contribution >= 0.6 is 0 Å². The first kappa shape index (κ1) is 11.7. The Labute approximate surface area is 110 Å². The van der Waals surface area contributed by atoms with Gasteiger partial charge in [0, 0.05) is 18.9 Å². The first-order chi connectivity index (χ1) is 9.09. The molecular weight excluding hydrogens is 240 g/mol. The van der Waals surface area contributed by atoms with E-state index >= 15 is 0 Å². The predicted molar refractivity (Wildman–Crippen MR) is 73.7 cm³/mol. The molecule has 0 amide bonds. The SMILES string of the molecule is Cc1c(C)n(Cc2ccnn2C)c2ncnc(N)c12. The molecule has 0 aromatic carbocycles. The number of nitrogen functional groups attached to an aromatic ring is 1. The third-order valence-corrected chi connectivity index (χ3v) is 3.68. The Kier molecular flexibility index (Phi) is 2.51. The molecule has 0 atom stereocenters. The van der Waals surface area contributed by atoms with Crippen LogP contribution in [0.2, 0.25) is 0 Å². The quantitative estimate of drug-likeness (QED) is 0.752. The molecule has 6 heteroatoms. The standard InChI is InChI=1S/C13H16N6/c1-8-9(2)19(6-10-4-5-17-18(10)3)13-11(8)12(14)15-7-16-13/h4-5,7H,6H2,1-3H3,(H2,14,15,16). The maximum absolute atomic E-state index is 5.96. The van der Waals surface area contributed by atoms with Crippen LogP contribution in [0.4, 0.5) is 5.82 Å². The normalized spacial score (nSPS) is 11.3. The van der Waals surface area contributed by atoms with Gasteiger partial charge in [0.15, 0.2) is 0 Å². The highest BCUT2D eigenvalue weighted by atomic mass is 15.3. The van der Waals surface area contributed by atoms with Crippen LogP contribution in [-0.2, 0) is 13.6 Å². The average Bonchev–Trinajstić information content (AvgIpc) is 2.89. The minimum atomic E-state index is 0.536. The molecule has 0 fully saturated rings. The van der Waals surface area contributed by atoms with Crippen LogP contribution in [0.25, 0.3) is 11.0 Å². The molecular formula is C13H16N6. The lowest BCUT2D eigenvalue weighted by Gasteiger charge is -2.08. The number of nitrogens with two attached hydrogens (primary N) is 1. The third kappa shape index (κ3) is 1.68. The maximum Gasteiger partial charge on any atom is 0.146 e. The predicted octanol–water partition coefficient (Wildman–Crippen LogP) is 1.41. The minimum absolute atomic E-state index is 0.536. The summed E-state index contributed by atoms with van der Waals surface area (Å²) in [5.41, 5.74) is 10.3. The number of hydrogen-bond donors (Lipinski definition) is 1. The molecule has 0 aliphatic carbocycles. The van der Waals surface area contributed by atoms with Crippen LogP contribution in [0.3, 0.4) is 0 Å². The van der Waals surface area contributed by atoms with Crippen LogP contribution < -0.4 is 5.73 Å². The summed E-state index contributed by atoms with van der Waals surface area (Å²) >= 11 is 0. The molecule has 0 aliphatic rings. The number of fused-ring (bicyclic) bond motifs is 1. The first-order valence-corrected chi connectivity index (χ1v) is 6.12. The summed E-state index contributed by atoms with van der Waals surface area (Å²) in [6, 6.07) is 2.01. The molecule has 0 unspecified atom stereocenters. The van der Waals surface area contributed by atoms with Gasteiger partial charge in [0.1, 0.15) is 17.8 Å². The highest BCUT2D eigenvalue weighted by Crippen LogP contribution is 2.27. The number of aryl methyl sites for hydroxylation is 2. The Morgan fingerprint density at radius 2 is 2.05 bits per heavy atom. The fourth-order valence-electron chi connectivity index (χ4n) is 2.41. The Morgan fingerprint density at radius 1 is 1.26 bits per heavy atom. The van der Waals surface area contributed by atoms with E-state index in [0.29, 0.717) is 5.82 Å². The number of nitrogens with zero attached hydrogens (tertiary/aromatic N) is 5. The second kappa shape index (κ2) is 4.08. The molecule has 0 radical (unpaired) electrons. The maximum atomic E-state index is 5.96. The highest BCUT2D eigenvalue weighted by molar-refractivity contribution is 5.90. The van der Waals surface area contributed by atoms with Gasteiger partial charge >= 0.3 is 0 Å². The van der Waals surface area contributed by atoms with E-state index in [1.807, 2.05) is 17.8 Å². The third-order valence-electron chi connectivity index (χ3n) is 3.68. The minimum Gasteiger partial charge on any atom is -0.383 e. The molecule has 6 nitrogen and oxygen atoms in total. The van der Waals surface area contributed by atoms with Crippen LogP contribution in [-0.4, -0.2) is 24.3 Å². The van der Waals surface area contributed by atoms with Crippen molar-refractivity contribution in [2.45, 2.75) is 20.4 Å². The summed E-state index contributed by atoms with van der Waals surface area (Å²) in [6.07, 6.45) is 3.31. The van der Waals surface area contributed by atoms with Gasteiger partial charge in [-0.2, -0.15) is 5.10 Å². The summed E-state index contributed by atoms with van der Waals surface area (Å²) < 4.78 is 4.02. The summed E-state index contributed by atoms with van der Waals surface area (Å²) in [5.74, 6) is 0.536. The topological polar surface area (TPSA) is 74.5 Å². The van der Waals surface area contributed by atoms with E-state index in [-0.39, 0.29) is 0 Å². The molecule has 3 aromatic rings. The van der Waals surface area contributed by atoms with Gasteiger partial charge in [-0.15, -0.1) is 0 Å². The molecule has 0 aliphatic heterocycles. The van der Waals surface area contributed by atoms with E-state index < -0.39 is 0 Å². The smallest absolute Gasteiger partial charge is 0.146 e. The zero-order chi connectivity index (χ0) is 13.6. The van der Waals surface area contributed by atoms with Gasteiger partial charge in [-0.05, 0) is 25.5 Å². The van der Waals surface area contributed by atoms with E-state index in [2.05, 4.69) is 33.5 Å². The van der Waals surface area contributed by atoms with Crippen molar-refractivity contribution < 1.29 is 0 Å². The lowest BCUT2D eigenvalue weighted by Crippen LogP contribution is -2.07. The lowest BCUT2D eigenvalue weighted by atomic mass is 10.2. The molecule has 2 N–H and O–H groups in total. The van der Waals surface area contributed by atoms with Crippen molar-refractivity contribution in [2.24, 2.45) is 7.05 Å². The van der Waals surface area contributed by atoms with Crippen molar-refractivity contribution in [3.8, 4) is 0 Å². The van der Waals surface area contributed by atoms with Crippen LogP contribution in [0.15, 0.2) is 18.6 Å². The monoisotopic (exact) mass is 256 g/mol. The fourth-order valence-corrected chi connectivity index (χ4v) is 2.41. The van der Waals surface area contributed by atoms with Gasteiger partial charge in [0.05, 0.1) is 17.6 Å². The molecule has 0 spiro atoms. The van der Waals surface area contributed by atoms with E-state index in [9.17, 15) is 0 Å². The van der Waals surface area contributed by atoms with Crippen molar-refractivity contribution in [1.29, 1.82) is 0 Å². The Morgan fingerprint density at radius 3 is 2.74 bits per heavy atom. The van der Waals surface area contributed by atoms with Gasteiger partial charge in [-0.3, -0.25) is 4.68 Å². The van der Waals surface area contributed by atoms with Crippen molar-refractivity contribution >= 4 is 16.9 Å². The van der Waals surface area contributed by atoms with Crippen molar-refractivity contribution in [3.63, 3.8) is 0 Å². The molecule has 3 aromatic heterocycles. The Hall–Kier alpha value is -2.37. The summed E-state index contributed by atoms with van der Waals surface area (Å²) in [4.78, 5) is 8.45. The zero-order valence-corrected chi connectivity index (χ0v) is 11.3. The highest BCUT2D eigenvalue weighted by Gasteiger charge is 2.15. The number of rotatable bonds is 2. The second-order valence-electron chi connectivity index (χ2n) is 4.70. The number of anilines is 1. The van der Waals surface area contributed by atoms with Crippen LogP contribution in [0.1, 0.15) is 17.0 Å². The first-order valence-electron chi connectivity index (χ1n) is 6.12. The van der Waals surface area contributed by atoms with Gasteiger partial charge in [0.25, 0.3) is 0 Å². The molecule has 0 saturated carbocycles. The summed E-state index contributed by atoms with van der Waals surface area (Å²) in [6.45, 7) is 4.85. The Bertz CT molecular complexity index is 752. The number of aromatic nitrogens is 5. The van der Waals surface area contributed by atoms with E-state index in [4.69, 9.17) is 5.73 Å². The van der Waals surface area contributed by atoms with E-state index in [0.717, 1.165) is 34.5 Å². The zero-order valence-electron chi connectivity index (χ0n) is 11.3. The molecule has 3 heterocycles. The Balaban J connectivity index is 2.22. The fraction of sp³-hybridized carbons (Fsp3) is 0.308. The summed E-state index contributed by atoms with van der Waals surface area (Å²) in [5, 5.41) is 5.14. The largest absolute Gasteiger partial charge is 0.383 e. The molecule has 0 bridgehead atoms. The second-order valence-corrected chi connectivity index (χ2v) is 4.70. The van der Waals surface area contributed by atoms with Crippen LogP contribution in [0, 0.1) is 13.8 Å². The van der Waals surface area contributed by atoms with Crippen molar-refractivity contribution in [1.82, 2.24) is 24.3 Å². The van der Waals surface area contributed by atoms with E-state index in [1.54, 1.807) is 6.20 Å². The molecule has 0 saturated heterocycles. The summed E-state index contributed by atoms with van der Waals surface area (Å²) in [7, 11) is 1.94. The van der Waals surface area contributed by atoms with E-state index in [1.165, 1.54) is 6.33 Å². The van der Waals surface area contributed by atoms with Gasteiger partial charge in [-0.1, -0.05) is 0 Å². The molecule has 3 rings (SSSR count). The van der Waals surface area contributed by atoms with Gasteiger partial charge < -0.3 is 10.3 Å². The number of hydrogen-bond acceptors (Lipinski definition) is 4. The van der Waals surface area contributed by atoms with Gasteiger partial charge in [0.2, 0.25) is 0 Å². The molecule has 98 valence electrons.